The van der Waals surface area contributed by atoms with Gasteiger partial charge in [0, 0.05) is 5.57 Å². The van der Waals surface area contributed by atoms with Gasteiger partial charge in [0.2, 0.25) is 0 Å². The van der Waals surface area contributed by atoms with Crippen molar-refractivity contribution in [2.45, 2.75) is 77.9 Å². The van der Waals surface area contributed by atoms with Crippen LogP contribution in [0.4, 0.5) is 101 Å². The molecule has 0 radical (unpaired) electrons. The first-order valence-corrected chi connectivity index (χ1v) is 9.06. The molecule has 1 aliphatic rings. The number of carbonyl (C=O) groups is 1. The maximum atomic E-state index is 14.9. The van der Waals surface area contributed by atoms with Crippen LogP contribution in [0.25, 0.3) is 0 Å². The van der Waals surface area contributed by atoms with Gasteiger partial charge in [0.05, 0.1) is 0 Å². The van der Waals surface area contributed by atoms with Crippen molar-refractivity contribution in [1.82, 2.24) is 0 Å². The molecule has 0 aromatic heterocycles. The van der Waals surface area contributed by atoms with Gasteiger partial charge in [-0.1, -0.05) is 6.58 Å². The maximum Gasteiger partial charge on any atom is 0.473 e. The minimum Gasteiger partial charge on any atom is -0.393 e. The van der Waals surface area contributed by atoms with Gasteiger partial charge in [-0.15, -0.1) is 0 Å². The Labute approximate surface area is 208 Å². The quantitative estimate of drug-likeness (QED) is 0.170. The summed E-state index contributed by atoms with van der Waals surface area (Å²) >= 11 is 0. The molecule has 0 N–H and O–H groups in total. The van der Waals surface area contributed by atoms with Gasteiger partial charge in [-0.25, -0.2) is 9.18 Å². The smallest absolute Gasteiger partial charge is 0.393 e. The first kappa shape index (κ1) is 36.6. The van der Waals surface area contributed by atoms with Crippen molar-refractivity contribution in [2.75, 3.05) is 0 Å². The molecule has 0 atom stereocenters. The van der Waals surface area contributed by atoms with E-state index in [-0.39, 0.29) is 6.92 Å². The second-order valence-corrected chi connectivity index (χ2v) is 8.09. The van der Waals surface area contributed by atoms with E-state index in [2.05, 4.69) is 11.3 Å². The fourth-order valence-corrected chi connectivity index (χ4v) is 2.87. The summed E-state index contributed by atoms with van der Waals surface area (Å²) in [5.74, 6) is -97.7. The number of ether oxygens (including phenoxy) is 1. The standard InChI is InChI=1S/C16H5F23O2/c1-3(2)4(40)41-16(38,39)15(36,37)8(22,23)5(17)6(18,19)9(24,25)11(28,29)13(32,33)14(34,35)12(30,31)10(26,27)7(5,20)21/h1H2,2H3. The fourth-order valence-electron chi connectivity index (χ4n) is 2.87. The van der Waals surface area contributed by atoms with Crippen molar-refractivity contribution in [1.29, 1.82) is 0 Å². The fraction of sp³-hybridized carbons (Fsp3) is 0.812. The van der Waals surface area contributed by atoms with Crippen LogP contribution in [0.2, 0.25) is 0 Å². The Morgan fingerprint density at radius 2 is 0.732 bits per heavy atom. The summed E-state index contributed by atoms with van der Waals surface area (Å²) in [6.07, 6.45) is -7.89. The molecule has 0 amide bonds. The van der Waals surface area contributed by atoms with Crippen molar-refractivity contribution >= 4 is 5.97 Å². The molecule has 0 spiro atoms. The number of rotatable bonds is 5. The monoisotopic (exact) mass is 666 g/mol. The second kappa shape index (κ2) is 8.58. The molecule has 0 aromatic rings. The van der Waals surface area contributed by atoms with Crippen molar-refractivity contribution in [3.8, 4) is 0 Å². The zero-order chi connectivity index (χ0) is 33.9. The lowest BCUT2D eigenvalue weighted by Gasteiger charge is -2.49. The molecular formula is C16H5F23O2. The summed E-state index contributed by atoms with van der Waals surface area (Å²) < 4.78 is 322. The van der Waals surface area contributed by atoms with Gasteiger partial charge in [-0.05, 0) is 6.92 Å². The van der Waals surface area contributed by atoms with Crippen molar-refractivity contribution in [2.24, 2.45) is 0 Å². The second-order valence-electron chi connectivity index (χ2n) is 8.09. The Balaban J connectivity index is 4.57. The molecule has 0 heterocycles. The summed E-state index contributed by atoms with van der Waals surface area (Å²) in [7, 11) is 0. The summed E-state index contributed by atoms with van der Waals surface area (Å²) in [6.45, 7) is 2.45. The summed E-state index contributed by atoms with van der Waals surface area (Å²) in [5.41, 5.74) is -11.7. The van der Waals surface area contributed by atoms with Crippen LogP contribution >= 0.6 is 0 Å². The number of hydrogen-bond acceptors (Lipinski definition) is 2. The van der Waals surface area contributed by atoms with Crippen LogP contribution in [0, 0.1) is 0 Å². The Morgan fingerprint density at radius 3 is 0.951 bits per heavy atom. The highest BCUT2D eigenvalue weighted by Crippen LogP contribution is 2.74. The predicted molar refractivity (Wildman–Crippen MR) is 79.2 cm³/mol. The molecule has 0 bridgehead atoms. The minimum absolute atomic E-state index is 0.150. The summed E-state index contributed by atoms with van der Waals surface area (Å²) in [4.78, 5) is 10.9. The van der Waals surface area contributed by atoms with Gasteiger partial charge in [-0.3, -0.25) is 0 Å². The predicted octanol–water partition coefficient (Wildman–Crippen LogP) is 7.77. The highest BCUT2D eigenvalue weighted by molar-refractivity contribution is 5.87. The molecule has 0 saturated heterocycles. The Hall–Kier alpha value is -2.40. The molecular weight excluding hydrogens is 661 g/mol. The lowest BCUT2D eigenvalue weighted by atomic mass is 9.74. The molecule has 1 saturated carbocycles. The van der Waals surface area contributed by atoms with Crippen LogP contribution in [0.5, 0.6) is 0 Å². The van der Waals surface area contributed by atoms with E-state index < -0.39 is 82.5 Å². The van der Waals surface area contributed by atoms with E-state index in [1.54, 1.807) is 0 Å². The Bertz CT molecular complexity index is 1040. The number of alkyl halides is 23. The first-order valence-electron chi connectivity index (χ1n) is 9.06. The van der Waals surface area contributed by atoms with Crippen LogP contribution in [-0.2, 0) is 9.53 Å². The van der Waals surface area contributed by atoms with Gasteiger partial charge in [0.15, 0.2) is 0 Å². The van der Waals surface area contributed by atoms with Gasteiger partial charge in [-0.2, -0.15) is 96.6 Å². The molecule has 0 unspecified atom stereocenters. The first-order chi connectivity index (χ1) is 17.3. The average molecular weight is 666 g/mol. The normalized spacial score (nSPS) is 27.5. The maximum absolute atomic E-state index is 14.9. The van der Waals surface area contributed by atoms with Crippen molar-refractivity contribution in [3.05, 3.63) is 12.2 Å². The SMILES string of the molecule is C=C(C)C(=O)OC(F)(F)C(F)(F)C(F)(F)C1(F)C(F)(F)C(F)(F)C(F)(F)C(F)(F)C(F)(F)C(F)(F)C(F)(F)C1(F)F. The molecule has 0 aromatic carbocycles. The summed E-state index contributed by atoms with van der Waals surface area (Å²) in [5, 5.41) is 0. The van der Waals surface area contributed by atoms with Gasteiger partial charge in [0.25, 0.3) is 0 Å². The molecule has 25 heteroatoms. The van der Waals surface area contributed by atoms with Gasteiger partial charge < -0.3 is 4.74 Å². The number of hydrogen-bond donors (Lipinski definition) is 0. The molecule has 242 valence electrons. The van der Waals surface area contributed by atoms with E-state index >= 15 is 0 Å². The molecule has 0 aliphatic heterocycles. The number of carbonyl (C=O) groups excluding carboxylic acids is 1. The van der Waals surface area contributed by atoms with E-state index in [1.165, 1.54) is 0 Å². The Morgan fingerprint density at radius 1 is 0.512 bits per heavy atom. The summed E-state index contributed by atoms with van der Waals surface area (Å²) in [6, 6.07) is 0. The third-order valence-electron chi connectivity index (χ3n) is 5.39. The molecule has 1 fully saturated rings. The Kier molecular flexibility index (Phi) is 7.67. The van der Waals surface area contributed by atoms with Crippen LogP contribution in [-0.4, -0.2) is 77.0 Å². The largest absolute Gasteiger partial charge is 0.473 e. The van der Waals surface area contributed by atoms with Crippen LogP contribution < -0.4 is 0 Å². The molecule has 2 nitrogen and oxygen atoms in total. The lowest BCUT2D eigenvalue weighted by Crippen LogP contribution is -2.83. The minimum atomic E-state index is -10.1. The van der Waals surface area contributed by atoms with Crippen molar-refractivity contribution < 1.29 is 111 Å². The van der Waals surface area contributed by atoms with E-state index in [9.17, 15) is 106 Å². The molecule has 1 aliphatic carbocycles. The van der Waals surface area contributed by atoms with E-state index in [4.69, 9.17) is 0 Å². The highest BCUT2D eigenvalue weighted by atomic mass is 19.4. The zero-order valence-electron chi connectivity index (χ0n) is 18.2. The lowest BCUT2D eigenvalue weighted by molar-refractivity contribution is -0.482. The van der Waals surface area contributed by atoms with Crippen LogP contribution in [0.3, 0.4) is 0 Å². The average Bonchev–Trinajstić information content (AvgIpc) is 2.75. The van der Waals surface area contributed by atoms with Gasteiger partial charge in [0.1, 0.15) is 0 Å². The highest BCUT2D eigenvalue weighted by Gasteiger charge is 3.07. The number of esters is 1. The topological polar surface area (TPSA) is 26.3 Å². The third kappa shape index (κ3) is 3.63. The van der Waals surface area contributed by atoms with E-state index in [0.29, 0.717) is 0 Å². The molecule has 1 rings (SSSR count). The van der Waals surface area contributed by atoms with Gasteiger partial charge >= 0.3 is 77.0 Å². The van der Waals surface area contributed by atoms with Crippen molar-refractivity contribution in [3.63, 3.8) is 0 Å². The van der Waals surface area contributed by atoms with E-state index in [0.717, 1.165) is 0 Å². The third-order valence-corrected chi connectivity index (χ3v) is 5.39. The van der Waals surface area contributed by atoms with Crippen LogP contribution in [0.15, 0.2) is 12.2 Å². The van der Waals surface area contributed by atoms with E-state index in [1.807, 2.05) is 0 Å². The molecule has 41 heavy (non-hydrogen) atoms. The van der Waals surface area contributed by atoms with Crippen LogP contribution in [0.1, 0.15) is 6.92 Å². The number of halogens is 23. The zero-order valence-corrected chi connectivity index (χ0v) is 18.2.